The van der Waals surface area contributed by atoms with Crippen LogP contribution in [0.25, 0.3) is 0 Å². The fourth-order valence-corrected chi connectivity index (χ4v) is 2.82. The van der Waals surface area contributed by atoms with Gasteiger partial charge in [-0.05, 0) is 38.7 Å². The lowest BCUT2D eigenvalue weighted by Crippen LogP contribution is -2.48. The number of Topliss-reactive ketones (excluding diaryl/α,β-unsaturated/α-hetero) is 1. The van der Waals surface area contributed by atoms with E-state index in [4.69, 9.17) is 11.6 Å². The summed E-state index contributed by atoms with van der Waals surface area (Å²) in [6.45, 7) is 5.64. The lowest BCUT2D eigenvalue weighted by atomic mass is 9.83. The normalized spacial score (nSPS) is 15.6. The van der Waals surface area contributed by atoms with Crippen molar-refractivity contribution in [3.8, 4) is 0 Å². The van der Waals surface area contributed by atoms with Gasteiger partial charge in [0.25, 0.3) is 0 Å². The Kier molecular flexibility index (Phi) is 6.19. The Balaban J connectivity index is 2.03. The molecular formula is C18H25ClN2O2. The van der Waals surface area contributed by atoms with Crippen molar-refractivity contribution in [1.82, 2.24) is 10.4 Å². The lowest BCUT2D eigenvalue weighted by Gasteiger charge is -2.27. The number of nitrogens with one attached hydrogen (secondary N) is 1. The molecule has 1 heterocycles. The van der Waals surface area contributed by atoms with Gasteiger partial charge in [-0.15, -0.1) is 11.6 Å². The zero-order chi connectivity index (χ0) is 16.9. The van der Waals surface area contributed by atoms with Crippen LogP contribution in [-0.4, -0.2) is 35.7 Å². The molecule has 1 amide bonds. The molecule has 23 heavy (non-hydrogen) atoms. The molecule has 0 radical (unpaired) electrons. The second-order valence-corrected chi connectivity index (χ2v) is 6.93. The number of halogens is 1. The maximum Gasteiger partial charge on any atom is 0.244 e. The summed E-state index contributed by atoms with van der Waals surface area (Å²) in [6, 6.07) is 7.35. The molecule has 0 bridgehead atoms. The zero-order valence-electron chi connectivity index (χ0n) is 13.9. The number of hydrogen-bond acceptors (Lipinski definition) is 3. The molecule has 2 rings (SSSR count). The maximum atomic E-state index is 12.5. The Labute approximate surface area is 143 Å². The highest BCUT2D eigenvalue weighted by atomic mass is 35.5. The molecule has 0 atom stereocenters. The molecule has 1 N–H and O–H groups in total. The fourth-order valence-electron chi connectivity index (χ4n) is 2.69. The number of ketones is 1. The summed E-state index contributed by atoms with van der Waals surface area (Å²) >= 11 is 5.62. The van der Waals surface area contributed by atoms with Gasteiger partial charge in [-0.25, -0.2) is 5.01 Å². The van der Waals surface area contributed by atoms with E-state index in [1.54, 1.807) is 12.1 Å². The number of benzene rings is 1. The summed E-state index contributed by atoms with van der Waals surface area (Å²) in [7, 11) is 0. The first kappa shape index (κ1) is 18.0. The predicted molar refractivity (Wildman–Crippen MR) is 92.7 cm³/mol. The molecule has 1 aromatic carbocycles. The fraction of sp³-hybridized carbons (Fsp3) is 0.556. The van der Waals surface area contributed by atoms with Gasteiger partial charge in [0, 0.05) is 31.0 Å². The smallest absolute Gasteiger partial charge is 0.244 e. The lowest BCUT2D eigenvalue weighted by molar-refractivity contribution is -0.130. The summed E-state index contributed by atoms with van der Waals surface area (Å²) in [4.78, 5) is 24.5. The third-order valence-electron chi connectivity index (χ3n) is 4.40. The molecule has 1 fully saturated rings. The Morgan fingerprint density at radius 1 is 1.17 bits per heavy atom. The van der Waals surface area contributed by atoms with Gasteiger partial charge in [-0.2, -0.15) is 0 Å². The second kappa shape index (κ2) is 7.93. The van der Waals surface area contributed by atoms with Crippen molar-refractivity contribution >= 4 is 23.3 Å². The van der Waals surface area contributed by atoms with Crippen LogP contribution in [0, 0.1) is 0 Å². The maximum absolute atomic E-state index is 12.5. The number of hydrogen-bond donors (Lipinski definition) is 1. The highest BCUT2D eigenvalue weighted by Crippen LogP contribution is 2.24. The van der Waals surface area contributed by atoms with Crippen molar-refractivity contribution in [2.75, 3.05) is 19.0 Å². The van der Waals surface area contributed by atoms with E-state index in [-0.39, 0.29) is 11.7 Å². The highest BCUT2D eigenvalue weighted by Gasteiger charge is 2.31. The van der Waals surface area contributed by atoms with Crippen LogP contribution < -0.4 is 5.43 Å². The predicted octanol–water partition coefficient (Wildman–Crippen LogP) is 3.29. The van der Waals surface area contributed by atoms with E-state index in [2.05, 4.69) is 5.43 Å². The van der Waals surface area contributed by atoms with E-state index in [1.165, 1.54) is 0 Å². The number of rotatable bonds is 7. The van der Waals surface area contributed by atoms with Crippen LogP contribution in [0.1, 0.15) is 55.5 Å². The molecule has 1 aliphatic heterocycles. The Bertz CT molecular complexity index is 549. The SMILES string of the molecule is CC(C)(C(=O)NN1CCCC1)c1ccc(C(=O)CCCCl)cc1. The number of hydrazine groups is 1. The quantitative estimate of drug-likeness (QED) is 0.614. The zero-order valence-corrected chi connectivity index (χ0v) is 14.7. The Morgan fingerprint density at radius 3 is 2.35 bits per heavy atom. The van der Waals surface area contributed by atoms with Crippen molar-refractivity contribution in [1.29, 1.82) is 0 Å². The van der Waals surface area contributed by atoms with Crippen LogP contribution in [0.4, 0.5) is 0 Å². The number of nitrogens with zero attached hydrogens (tertiary/aromatic N) is 1. The summed E-state index contributed by atoms with van der Waals surface area (Å²) in [5.74, 6) is 0.574. The van der Waals surface area contributed by atoms with Gasteiger partial charge in [0.2, 0.25) is 5.91 Å². The minimum absolute atomic E-state index is 0.0133. The van der Waals surface area contributed by atoms with Gasteiger partial charge in [0.1, 0.15) is 0 Å². The van der Waals surface area contributed by atoms with Crippen LogP contribution >= 0.6 is 11.6 Å². The summed E-state index contributed by atoms with van der Waals surface area (Å²) in [6.07, 6.45) is 3.40. The van der Waals surface area contributed by atoms with Gasteiger partial charge >= 0.3 is 0 Å². The van der Waals surface area contributed by atoms with Crippen LogP contribution in [0.2, 0.25) is 0 Å². The van der Waals surface area contributed by atoms with Crippen LogP contribution in [0.15, 0.2) is 24.3 Å². The third-order valence-corrected chi connectivity index (χ3v) is 4.67. The first-order valence-electron chi connectivity index (χ1n) is 8.21. The van der Waals surface area contributed by atoms with E-state index in [0.717, 1.165) is 31.5 Å². The third kappa shape index (κ3) is 4.55. The molecule has 0 aliphatic carbocycles. The van der Waals surface area contributed by atoms with E-state index < -0.39 is 5.41 Å². The Hall–Kier alpha value is -1.39. The van der Waals surface area contributed by atoms with Gasteiger partial charge in [-0.3, -0.25) is 15.0 Å². The molecule has 1 aliphatic rings. The highest BCUT2D eigenvalue weighted by molar-refractivity contribution is 6.18. The topological polar surface area (TPSA) is 49.4 Å². The van der Waals surface area contributed by atoms with Crippen molar-refractivity contribution in [3.05, 3.63) is 35.4 Å². The molecule has 0 spiro atoms. The standard InChI is InChI=1S/C18H25ClN2O2/c1-18(2,17(23)20-21-12-3-4-13-21)15-9-7-14(8-10-15)16(22)6-5-11-19/h7-10H,3-6,11-13H2,1-2H3,(H,20,23). The molecule has 1 saturated heterocycles. The molecule has 4 nitrogen and oxygen atoms in total. The molecule has 0 aromatic heterocycles. The largest absolute Gasteiger partial charge is 0.294 e. The summed E-state index contributed by atoms with van der Waals surface area (Å²) in [5.41, 5.74) is 3.94. The van der Waals surface area contributed by atoms with Crippen molar-refractivity contribution < 1.29 is 9.59 Å². The van der Waals surface area contributed by atoms with Crippen LogP contribution in [-0.2, 0) is 10.2 Å². The van der Waals surface area contributed by atoms with Crippen molar-refractivity contribution in [2.24, 2.45) is 0 Å². The average Bonchev–Trinajstić information content (AvgIpc) is 3.05. The summed E-state index contributed by atoms with van der Waals surface area (Å²) in [5, 5.41) is 1.98. The van der Waals surface area contributed by atoms with E-state index in [1.807, 2.05) is 31.0 Å². The van der Waals surface area contributed by atoms with E-state index in [0.29, 0.717) is 24.3 Å². The molecule has 1 aromatic rings. The van der Waals surface area contributed by atoms with Gasteiger partial charge in [-0.1, -0.05) is 24.3 Å². The number of carbonyl (C=O) groups excluding carboxylic acids is 2. The first-order valence-corrected chi connectivity index (χ1v) is 8.74. The van der Waals surface area contributed by atoms with E-state index >= 15 is 0 Å². The Morgan fingerprint density at radius 2 is 1.78 bits per heavy atom. The van der Waals surface area contributed by atoms with Crippen molar-refractivity contribution in [3.63, 3.8) is 0 Å². The first-order chi connectivity index (χ1) is 10.9. The minimum atomic E-state index is -0.639. The van der Waals surface area contributed by atoms with Gasteiger partial charge < -0.3 is 0 Å². The number of alkyl halides is 1. The molecule has 0 saturated carbocycles. The minimum Gasteiger partial charge on any atom is -0.294 e. The van der Waals surface area contributed by atoms with Gasteiger partial charge in [0.15, 0.2) is 5.78 Å². The van der Waals surface area contributed by atoms with E-state index in [9.17, 15) is 9.59 Å². The number of amides is 1. The van der Waals surface area contributed by atoms with Gasteiger partial charge in [0.05, 0.1) is 5.41 Å². The second-order valence-electron chi connectivity index (χ2n) is 6.55. The molecule has 126 valence electrons. The number of carbonyl (C=O) groups is 2. The van der Waals surface area contributed by atoms with Crippen LogP contribution in [0.3, 0.4) is 0 Å². The summed E-state index contributed by atoms with van der Waals surface area (Å²) < 4.78 is 0. The molecule has 0 unspecified atom stereocenters. The molecule has 5 heteroatoms. The van der Waals surface area contributed by atoms with Crippen molar-refractivity contribution in [2.45, 2.75) is 44.9 Å². The van der Waals surface area contributed by atoms with Crippen LogP contribution in [0.5, 0.6) is 0 Å². The average molecular weight is 337 g/mol. The monoisotopic (exact) mass is 336 g/mol. The molecular weight excluding hydrogens is 312 g/mol.